The molecular formula is C18H16Cl2N4O. The fraction of sp³-hybridized carbons (Fsp3) is 0.111. The topological polar surface area (TPSA) is 71.2 Å². The van der Waals surface area contributed by atoms with Crippen LogP contribution in [0.1, 0.15) is 11.1 Å². The second-order valence-electron chi connectivity index (χ2n) is 5.71. The molecule has 0 bridgehead atoms. The zero-order chi connectivity index (χ0) is 18.1. The van der Waals surface area contributed by atoms with Gasteiger partial charge in [-0.2, -0.15) is 0 Å². The van der Waals surface area contributed by atoms with Crippen molar-refractivity contribution >= 4 is 51.6 Å². The zero-order valence-corrected chi connectivity index (χ0v) is 15.2. The van der Waals surface area contributed by atoms with Gasteiger partial charge in [0, 0.05) is 15.4 Å². The van der Waals surface area contributed by atoms with E-state index in [1.807, 2.05) is 38.1 Å². The minimum Gasteiger partial charge on any atom is -0.350 e. The van der Waals surface area contributed by atoms with Crippen molar-refractivity contribution in [1.29, 1.82) is 0 Å². The number of aryl methyl sites for hydroxylation is 2. The molecule has 3 rings (SSSR count). The van der Waals surface area contributed by atoms with Gasteiger partial charge in [0.25, 0.3) is 0 Å². The van der Waals surface area contributed by atoms with Gasteiger partial charge < -0.3 is 5.73 Å². The highest BCUT2D eigenvalue weighted by Crippen LogP contribution is 2.27. The van der Waals surface area contributed by atoms with E-state index in [4.69, 9.17) is 28.9 Å². The molecule has 25 heavy (non-hydrogen) atoms. The van der Waals surface area contributed by atoms with E-state index in [1.54, 1.807) is 18.2 Å². The van der Waals surface area contributed by atoms with Crippen LogP contribution >= 0.6 is 23.2 Å². The van der Waals surface area contributed by atoms with Crippen LogP contribution in [0.5, 0.6) is 0 Å². The highest BCUT2D eigenvalue weighted by molar-refractivity contribution is 6.35. The van der Waals surface area contributed by atoms with Gasteiger partial charge in [0.1, 0.15) is 5.82 Å². The Morgan fingerprint density at radius 2 is 1.76 bits per heavy atom. The summed E-state index contributed by atoms with van der Waals surface area (Å²) in [6, 6.07) is 11.9. The molecule has 0 aliphatic carbocycles. The maximum atomic E-state index is 11.9. The third kappa shape index (κ3) is 3.62. The number of para-hydroxylation sites is 1. The number of pyridine rings is 1. The molecule has 1 aromatic heterocycles. The minimum atomic E-state index is -0.706. The summed E-state index contributed by atoms with van der Waals surface area (Å²) in [5.41, 5.74) is 11.8. The van der Waals surface area contributed by atoms with Crippen molar-refractivity contribution in [3.8, 4) is 0 Å². The summed E-state index contributed by atoms with van der Waals surface area (Å²) in [4.78, 5) is 16.5. The predicted octanol–water partition coefficient (Wildman–Crippen LogP) is 5.07. The lowest BCUT2D eigenvalue weighted by molar-refractivity contribution is 0.255. The lowest BCUT2D eigenvalue weighted by Crippen LogP contribution is -2.40. The molecule has 128 valence electrons. The Balaban J connectivity index is 2.05. The van der Waals surface area contributed by atoms with E-state index < -0.39 is 6.03 Å². The summed E-state index contributed by atoms with van der Waals surface area (Å²) < 4.78 is 0. The number of anilines is 2. The van der Waals surface area contributed by atoms with E-state index in [1.165, 1.54) is 0 Å². The average molecular weight is 375 g/mol. The number of benzene rings is 2. The van der Waals surface area contributed by atoms with Gasteiger partial charge in [-0.25, -0.2) is 14.8 Å². The van der Waals surface area contributed by atoms with Crippen molar-refractivity contribution in [3.63, 3.8) is 0 Å². The molecule has 3 aromatic rings. The number of halogens is 2. The Hall–Kier alpha value is -2.50. The van der Waals surface area contributed by atoms with Gasteiger partial charge in [0.05, 0.1) is 11.2 Å². The Morgan fingerprint density at radius 1 is 1.08 bits per heavy atom. The molecule has 0 aliphatic heterocycles. The SMILES string of the molecule is Cc1cc(NN(C(N)=O)c2cc(Cl)cc(Cl)c2)nc2c(C)cccc12. The second-order valence-corrected chi connectivity index (χ2v) is 6.58. The standard InChI is InChI=1S/C18H16Cl2N4O/c1-10-4-3-5-15-11(2)6-16(22-17(10)15)23-24(18(21)25)14-8-12(19)7-13(20)9-14/h3-9H,1-2H3,(H2,21,25)(H,22,23). The summed E-state index contributed by atoms with van der Waals surface area (Å²) >= 11 is 12.0. The molecule has 0 fully saturated rings. The first-order valence-electron chi connectivity index (χ1n) is 7.54. The molecule has 0 saturated carbocycles. The largest absolute Gasteiger partial charge is 0.350 e. The number of hydrogen-bond acceptors (Lipinski definition) is 3. The Labute approximate surface area is 155 Å². The summed E-state index contributed by atoms with van der Waals surface area (Å²) in [5.74, 6) is 0.495. The van der Waals surface area contributed by atoms with Gasteiger partial charge in [0.15, 0.2) is 0 Å². The second kappa shape index (κ2) is 6.78. The molecular weight excluding hydrogens is 359 g/mol. The fourth-order valence-electron chi connectivity index (χ4n) is 2.65. The van der Waals surface area contributed by atoms with Gasteiger partial charge in [-0.3, -0.25) is 5.43 Å². The van der Waals surface area contributed by atoms with E-state index in [9.17, 15) is 4.79 Å². The number of amides is 2. The van der Waals surface area contributed by atoms with Crippen LogP contribution in [-0.2, 0) is 0 Å². The van der Waals surface area contributed by atoms with E-state index in [0.717, 1.165) is 27.0 Å². The number of fused-ring (bicyclic) bond motifs is 1. The first kappa shape index (κ1) is 17.3. The van der Waals surface area contributed by atoms with Gasteiger partial charge in [-0.15, -0.1) is 0 Å². The van der Waals surface area contributed by atoms with Gasteiger partial charge >= 0.3 is 6.03 Å². The number of hydrogen-bond donors (Lipinski definition) is 2. The van der Waals surface area contributed by atoms with Crippen molar-refractivity contribution in [3.05, 3.63) is 63.6 Å². The maximum Gasteiger partial charge on any atom is 0.338 e. The highest BCUT2D eigenvalue weighted by Gasteiger charge is 2.16. The molecule has 5 nitrogen and oxygen atoms in total. The Bertz CT molecular complexity index is 954. The van der Waals surface area contributed by atoms with Crippen molar-refractivity contribution in [1.82, 2.24) is 4.98 Å². The maximum absolute atomic E-state index is 11.9. The number of carbonyl (C=O) groups is 1. The van der Waals surface area contributed by atoms with Gasteiger partial charge in [-0.05, 0) is 49.2 Å². The number of nitrogens with zero attached hydrogens (tertiary/aromatic N) is 2. The number of rotatable bonds is 3. The average Bonchev–Trinajstić information content (AvgIpc) is 2.52. The van der Waals surface area contributed by atoms with Crippen LogP contribution < -0.4 is 16.2 Å². The smallest absolute Gasteiger partial charge is 0.338 e. The van der Waals surface area contributed by atoms with Crippen LogP contribution in [0, 0.1) is 13.8 Å². The third-order valence-electron chi connectivity index (χ3n) is 3.80. The third-order valence-corrected chi connectivity index (χ3v) is 4.24. The predicted molar refractivity (Wildman–Crippen MR) is 103 cm³/mol. The van der Waals surface area contributed by atoms with Crippen molar-refractivity contribution in [2.45, 2.75) is 13.8 Å². The first-order chi connectivity index (χ1) is 11.8. The molecule has 0 unspecified atom stereocenters. The number of aromatic nitrogens is 1. The summed E-state index contributed by atoms with van der Waals surface area (Å²) in [7, 11) is 0. The number of nitrogens with two attached hydrogens (primary N) is 1. The normalized spacial score (nSPS) is 10.7. The Kier molecular flexibility index (Phi) is 4.70. The Morgan fingerprint density at radius 3 is 2.40 bits per heavy atom. The number of carbonyl (C=O) groups excluding carboxylic acids is 1. The lowest BCUT2D eigenvalue weighted by Gasteiger charge is -2.23. The van der Waals surface area contributed by atoms with Crippen molar-refractivity contribution in [2.75, 3.05) is 10.4 Å². The van der Waals surface area contributed by atoms with Gasteiger partial charge in [-0.1, -0.05) is 41.4 Å². The fourth-order valence-corrected chi connectivity index (χ4v) is 3.16. The highest BCUT2D eigenvalue weighted by atomic mass is 35.5. The molecule has 2 amide bonds. The van der Waals surface area contributed by atoms with Crippen molar-refractivity contribution in [2.24, 2.45) is 5.73 Å². The lowest BCUT2D eigenvalue weighted by atomic mass is 10.1. The minimum absolute atomic E-state index is 0.397. The van der Waals surface area contributed by atoms with Crippen LogP contribution in [0.2, 0.25) is 10.0 Å². The molecule has 0 saturated heterocycles. The quantitative estimate of drug-likeness (QED) is 0.628. The van der Waals surface area contributed by atoms with Crippen LogP contribution in [0.25, 0.3) is 10.9 Å². The van der Waals surface area contributed by atoms with Gasteiger partial charge in [0.2, 0.25) is 0 Å². The number of nitrogens with one attached hydrogen (secondary N) is 1. The molecule has 0 aliphatic rings. The number of urea groups is 1. The molecule has 7 heteroatoms. The molecule has 1 heterocycles. The van der Waals surface area contributed by atoms with E-state index >= 15 is 0 Å². The zero-order valence-electron chi connectivity index (χ0n) is 13.7. The molecule has 0 atom stereocenters. The van der Waals surface area contributed by atoms with Crippen LogP contribution in [0.4, 0.5) is 16.3 Å². The molecule has 0 spiro atoms. The molecule has 2 aromatic carbocycles. The van der Waals surface area contributed by atoms with Crippen LogP contribution in [0.15, 0.2) is 42.5 Å². The summed E-state index contributed by atoms with van der Waals surface area (Å²) in [5, 5.41) is 3.01. The first-order valence-corrected chi connectivity index (χ1v) is 8.30. The van der Waals surface area contributed by atoms with E-state index in [-0.39, 0.29) is 0 Å². The van der Waals surface area contributed by atoms with E-state index in [0.29, 0.717) is 21.6 Å². The number of primary amides is 1. The van der Waals surface area contributed by atoms with Crippen LogP contribution in [0.3, 0.4) is 0 Å². The monoisotopic (exact) mass is 374 g/mol. The number of hydrazine groups is 1. The van der Waals surface area contributed by atoms with Crippen LogP contribution in [-0.4, -0.2) is 11.0 Å². The van der Waals surface area contributed by atoms with E-state index in [2.05, 4.69) is 10.4 Å². The summed E-state index contributed by atoms with van der Waals surface area (Å²) in [6.45, 7) is 3.97. The van der Waals surface area contributed by atoms with Crippen molar-refractivity contribution < 1.29 is 4.79 Å². The molecule has 3 N–H and O–H groups in total. The summed E-state index contributed by atoms with van der Waals surface area (Å²) in [6.07, 6.45) is 0. The molecule has 0 radical (unpaired) electrons.